The minimum Gasteiger partial charge on any atom is -0.449 e. The lowest BCUT2D eigenvalue weighted by atomic mass is 9.97. The summed E-state index contributed by atoms with van der Waals surface area (Å²) in [6.45, 7) is 0.0329. The van der Waals surface area contributed by atoms with Gasteiger partial charge in [-0.15, -0.1) is 12.4 Å². The zero-order valence-electron chi connectivity index (χ0n) is 9.46. The van der Waals surface area contributed by atoms with Crippen molar-refractivity contribution in [2.75, 3.05) is 6.61 Å². The van der Waals surface area contributed by atoms with Crippen LogP contribution in [0.15, 0.2) is 18.2 Å². The Morgan fingerprint density at radius 3 is 2.58 bits per heavy atom. The molecule has 1 amide bonds. The van der Waals surface area contributed by atoms with Gasteiger partial charge in [-0.3, -0.25) is 0 Å². The topological polar surface area (TPSA) is 38.3 Å². The highest BCUT2D eigenvalue weighted by molar-refractivity contribution is 5.85. The van der Waals surface area contributed by atoms with Crippen LogP contribution in [0.2, 0.25) is 0 Å². The second kappa shape index (κ2) is 5.64. The van der Waals surface area contributed by atoms with E-state index in [0.717, 1.165) is 12.1 Å². The monoisotopic (exact) mass is 299 g/mol. The van der Waals surface area contributed by atoms with Gasteiger partial charge in [0.25, 0.3) is 0 Å². The highest BCUT2D eigenvalue weighted by Gasteiger charge is 2.36. The van der Waals surface area contributed by atoms with Crippen molar-refractivity contribution in [3.05, 3.63) is 35.1 Å². The van der Waals surface area contributed by atoms with Gasteiger partial charge in [-0.2, -0.15) is 13.2 Å². The summed E-state index contributed by atoms with van der Waals surface area (Å²) in [5.74, 6) is -0.968. The van der Waals surface area contributed by atoms with Gasteiger partial charge in [0.2, 0.25) is 0 Å². The first-order valence-corrected chi connectivity index (χ1v) is 5.18. The molecule has 1 aliphatic heterocycles. The Morgan fingerprint density at radius 2 is 2.00 bits per heavy atom. The molecule has 1 aromatic rings. The van der Waals surface area contributed by atoms with Gasteiger partial charge in [0.05, 0.1) is 18.2 Å². The van der Waals surface area contributed by atoms with E-state index in [9.17, 15) is 22.4 Å². The summed E-state index contributed by atoms with van der Waals surface area (Å²) in [5, 5.41) is 2.28. The van der Waals surface area contributed by atoms with Crippen molar-refractivity contribution in [3.63, 3.8) is 0 Å². The van der Waals surface area contributed by atoms with Crippen LogP contribution in [0.25, 0.3) is 0 Å². The Morgan fingerprint density at radius 1 is 1.32 bits per heavy atom. The Bertz CT molecular complexity index is 478. The molecule has 1 aliphatic rings. The maximum Gasteiger partial charge on any atom is 0.416 e. The van der Waals surface area contributed by atoms with Crippen molar-refractivity contribution in [2.45, 2.75) is 18.6 Å². The van der Waals surface area contributed by atoms with E-state index in [4.69, 9.17) is 0 Å². The number of benzene rings is 1. The smallest absolute Gasteiger partial charge is 0.416 e. The number of alkyl carbamates (subject to hydrolysis) is 1. The molecule has 1 aromatic carbocycles. The van der Waals surface area contributed by atoms with E-state index in [0.29, 0.717) is 6.07 Å². The van der Waals surface area contributed by atoms with Crippen molar-refractivity contribution >= 4 is 18.5 Å². The number of hydrogen-bond donors (Lipinski definition) is 1. The summed E-state index contributed by atoms with van der Waals surface area (Å²) in [6.07, 6.45) is -5.23. The van der Waals surface area contributed by atoms with Crippen LogP contribution >= 0.6 is 12.4 Å². The minimum absolute atomic E-state index is 0. The van der Waals surface area contributed by atoms with E-state index >= 15 is 0 Å². The largest absolute Gasteiger partial charge is 0.449 e. The van der Waals surface area contributed by atoms with Gasteiger partial charge in [0, 0.05) is 6.42 Å². The van der Waals surface area contributed by atoms with Crippen LogP contribution in [-0.4, -0.2) is 12.7 Å². The van der Waals surface area contributed by atoms with Crippen LogP contribution in [0.1, 0.15) is 23.6 Å². The minimum atomic E-state index is -4.67. The van der Waals surface area contributed by atoms with Crippen molar-refractivity contribution in [1.82, 2.24) is 5.32 Å². The lowest BCUT2D eigenvalue weighted by molar-refractivity contribution is -0.138. The van der Waals surface area contributed by atoms with Crippen molar-refractivity contribution in [3.8, 4) is 0 Å². The van der Waals surface area contributed by atoms with E-state index in [1.807, 2.05) is 0 Å². The molecule has 0 bridgehead atoms. The molecule has 2 rings (SSSR count). The van der Waals surface area contributed by atoms with Gasteiger partial charge in [0.1, 0.15) is 5.82 Å². The Kier molecular flexibility index (Phi) is 4.62. The number of halogens is 5. The van der Waals surface area contributed by atoms with Gasteiger partial charge in [-0.25, -0.2) is 9.18 Å². The number of nitrogens with one attached hydrogen (secondary N) is 1. The van der Waals surface area contributed by atoms with E-state index in [1.54, 1.807) is 0 Å². The average molecular weight is 300 g/mol. The summed E-state index contributed by atoms with van der Waals surface area (Å²) in [4.78, 5) is 11.0. The third-order valence-electron chi connectivity index (χ3n) is 2.63. The molecule has 1 N–H and O–H groups in total. The maximum absolute atomic E-state index is 12.9. The van der Waals surface area contributed by atoms with Crippen molar-refractivity contribution < 1.29 is 27.1 Å². The number of hydrogen-bond acceptors (Lipinski definition) is 2. The molecular formula is C11H10ClF4NO2. The molecule has 0 unspecified atom stereocenters. The van der Waals surface area contributed by atoms with Gasteiger partial charge in [-0.05, 0) is 17.7 Å². The van der Waals surface area contributed by atoms with E-state index in [2.05, 4.69) is 10.1 Å². The highest BCUT2D eigenvalue weighted by atomic mass is 35.5. The summed E-state index contributed by atoms with van der Waals surface area (Å²) < 4.78 is 55.8. The fourth-order valence-electron chi connectivity index (χ4n) is 1.84. The SMILES string of the molecule is Cl.O=C1N[C@@H](c2ccc(F)cc2C(F)(F)F)CCO1. The number of cyclic esters (lactones) is 1. The fourth-order valence-corrected chi connectivity index (χ4v) is 1.84. The number of carbonyl (C=O) groups is 1. The normalized spacial score (nSPS) is 19.2. The van der Waals surface area contributed by atoms with Gasteiger partial charge < -0.3 is 10.1 Å². The predicted octanol–water partition coefficient (Wildman–Crippen LogP) is 3.44. The second-order valence-corrected chi connectivity index (χ2v) is 3.85. The number of alkyl halides is 3. The number of carbonyl (C=O) groups excluding carboxylic acids is 1. The van der Waals surface area contributed by atoms with Gasteiger partial charge in [-0.1, -0.05) is 6.07 Å². The molecule has 106 valence electrons. The van der Waals surface area contributed by atoms with Crippen molar-refractivity contribution in [2.24, 2.45) is 0 Å². The zero-order chi connectivity index (χ0) is 13.3. The zero-order valence-corrected chi connectivity index (χ0v) is 10.3. The fraction of sp³-hybridized carbons (Fsp3) is 0.364. The lowest BCUT2D eigenvalue weighted by Gasteiger charge is -2.26. The van der Waals surface area contributed by atoms with E-state index in [1.165, 1.54) is 0 Å². The third-order valence-corrected chi connectivity index (χ3v) is 2.63. The molecule has 1 saturated heterocycles. The molecule has 0 aromatic heterocycles. The molecule has 1 fully saturated rings. The molecule has 0 radical (unpaired) electrons. The quantitative estimate of drug-likeness (QED) is 0.807. The summed E-state index contributed by atoms with van der Waals surface area (Å²) in [7, 11) is 0. The summed E-state index contributed by atoms with van der Waals surface area (Å²) >= 11 is 0. The summed E-state index contributed by atoms with van der Waals surface area (Å²) in [6, 6.07) is 1.58. The summed E-state index contributed by atoms with van der Waals surface area (Å²) in [5.41, 5.74) is -1.23. The van der Waals surface area contributed by atoms with E-state index in [-0.39, 0.29) is 31.0 Å². The maximum atomic E-state index is 12.9. The molecule has 1 heterocycles. The third kappa shape index (κ3) is 3.50. The average Bonchev–Trinajstić information content (AvgIpc) is 2.27. The number of amides is 1. The van der Waals surface area contributed by atoms with Crippen LogP contribution in [0, 0.1) is 5.82 Å². The first-order chi connectivity index (χ1) is 8.38. The Labute approximate surface area is 112 Å². The van der Waals surface area contributed by atoms with Crippen LogP contribution in [-0.2, 0) is 10.9 Å². The molecule has 0 spiro atoms. The van der Waals surface area contributed by atoms with Crippen LogP contribution in [0.3, 0.4) is 0 Å². The molecule has 0 aliphatic carbocycles. The highest BCUT2D eigenvalue weighted by Crippen LogP contribution is 2.36. The first kappa shape index (κ1) is 15.6. The molecule has 1 atom stereocenters. The first-order valence-electron chi connectivity index (χ1n) is 5.18. The molecule has 8 heteroatoms. The van der Waals surface area contributed by atoms with Gasteiger partial charge >= 0.3 is 12.3 Å². The van der Waals surface area contributed by atoms with E-state index < -0.39 is 29.7 Å². The van der Waals surface area contributed by atoms with Crippen LogP contribution in [0.5, 0.6) is 0 Å². The Hall–Kier alpha value is -1.50. The molecular weight excluding hydrogens is 290 g/mol. The Balaban J connectivity index is 0.00000180. The number of ether oxygens (including phenoxy) is 1. The standard InChI is InChI=1S/C11H9F4NO2.ClH/c12-6-1-2-7(8(5-6)11(13,14)15)9-3-4-18-10(17)16-9;/h1-2,5,9H,3-4H2,(H,16,17);1H/t9-;/m1./s1. The second-order valence-electron chi connectivity index (χ2n) is 3.85. The van der Waals surface area contributed by atoms with Crippen molar-refractivity contribution in [1.29, 1.82) is 0 Å². The lowest BCUT2D eigenvalue weighted by Crippen LogP contribution is -2.36. The van der Waals surface area contributed by atoms with Crippen LogP contribution < -0.4 is 5.32 Å². The molecule has 0 saturated carbocycles. The molecule has 19 heavy (non-hydrogen) atoms. The molecule has 3 nitrogen and oxygen atoms in total. The van der Waals surface area contributed by atoms with Crippen LogP contribution in [0.4, 0.5) is 22.4 Å². The number of rotatable bonds is 1. The predicted molar refractivity (Wildman–Crippen MR) is 60.5 cm³/mol. The van der Waals surface area contributed by atoms with Gasteiger partial charge in [0.15, 0.2) is 0 Å².